The molecule has 5 heteroatoms. The van der Waals surface area contributed by atoms with E-state index in [1.165, 1.54) is 16.9 Å². The first-order chi connectivity index (χ1) is 10.2. The molecular weight excluding hydrogens is 280 g/mol. The Kier molecular flexibility index (Phi) is 4.81. The van der Waals surface area contributed by atoms with Crippen molar-refractivity contribution in [3.8, 4) is 12.1 Å². The zero-order valence-corrected chi connectivity index (χ0v) is 12.6. The van der Waals surface area contributed by atoms with Crippen molar-refractivity contribution in [1.29, 1.82) is 10.5 Å². The maximum absolute atomic E-state index is 9.16. The van der Waals surface area contributed by atoms with Crippen molar-refractivity contribution in [3.05, 3.63) is 46.3 Å². The van der Waals surface area contributed by atoms with Crippen LogP contribution in [-0.4, -0.2) is 6.04 Å². The maximum Gasteiger partial charge on any atom is 0.131 e. The first-order valence-corrected chi connectivity index (χ1v) is 7.50. The molecule has 1 aromatic heterocycles. The summed E-state index contributed by atoms with van der Waals surface area (Å²) in [6, 6.07) is 14.6. The zero-order valence-electron chi connectivity index (χ0n) is 11.8. The Hall–Kier alpha value is -2.50. The van der Waals surface area contributed by atoms with Gasteiger partial charge in [-0.15, -0.1) is 11.3 Å². The van der Waals surface area contributed by atoms with Gasteiger partial charge in [-0.1, -0.05) is 30.3 Å². The standard InChI is InChI=1S/C16H16N4S/c1-11(7-8-12-5-3-2-4-6-12)20-16-13(9-17)15(19)14(10-18)21-16/h2-6,11,20H,7-8,19H2,1H3. The van der Waals surface area contributed by atoms with Crippen molar-refractivity contribution in [2.45, 2.75) is 25.8 Å². The van der Waals surface area contributed by atoms with Gasteiger partial charge in [-0.3, -0.25) is 0 Å². The van der Waals surface area contributed by atoms with E-state index in [-0.39, 0.29) is 11.7 Å². The van der Waals surface area contributed by atoms with Crippen LogP contribution in [0.25, 0.3) is 0 Å². The number of anilines is 2. The third-order valence-corrected chi connectivity index (χ3v) is 4.29. The van der Waals surface area contributed by atoms with Crippen molar-refractivity contribution in [1.82, 2.24) is 0 Å². The number of nitrogens with one attached hydrogen (secondary N) is 1. The summed E-state index contributed by atoms with van der Waals surface area (Å²) < 4.78 is 0. The summed E-state index contributed by atoms with van der Waals surface area (Å²) in [5, 5.41) is 22.1. The molecule has 0 aliphatic heterocycles. The van der Waals surface area contributed by atoms with Crippen LogP contribution in [0, 0.1) is 22.7 Å². The van der Waals surface area contributed by atoms with Crippen LogP contribution >= 0.6 is 11.3 Å². The van der Waals surface area contributed by atoms with Crippen LogP contribution in [0.5, 0.6) is 0 Å². The lowest BCUT2D eigenvalue weighted by atomic mass is 10.1. The normalized spacial score (nSPS) is 11.4. The summed E-state index contributed by atoms with van der Waals surface area (Å²) in [5.41, 5.74) is 7.74. The summed E-state index contributed by atoms with van der Waals surface area (Å²) in [4.78, 5) is 0.393. The average Bonchev–Trinajstić information content (AvgIpc) is 2.81. The summed E-state index contributed by atoms with van der Waals surface area (Å²) in [7, 11) is 0. The van der Waals surface area contributed by atoms with Gasteiger partial charge in [0.1, 0.15) is 27.6 Å². The van der Waals surface area contributed by atoms with Gasteiger partial charge in [0.2, 0.25) is 0 Å². The number of nitrogens with zero attached hydrogens (tertiary/aromatic N) is 2. The number of nitrogens with two attached hydrogens (primary N) is 1. The number of aryl methyl sites for hydroxylation is 1. The zero-order chi connectivity index (χ0) is 15.2. The minimum atomic E-state index is 0.196. The minimum absolute atomic E-state index is 0.196. The molecule has 3 N–H and O–H groups in total. The molecule has 21 heavy (non-hydrogen) atoms. The Labute approximate surface area is 128 Å². The predicted octanol–water partition coefficient (Wildman–Crippen LogP) is 3.51. The van der Waals surface area contributed by atoms with E-state index in [1.54, 1.807) is 0 Å². The molecule has 2 rings (SSSR count). The third kappa shape index (κ3) is 3.53. The second kappa shape index (κ2) is 6.78. The predicted molar refractivity (Wildman–Crippen MR) is 86.0 cm³/mol. The molecule has 0 aliphatic carbocycles. The smallest absolute Gasteiger partial charge is 0.131 e. The van der Waals surface area contributed by atoms with E-state index < -0.39 is 0 Å². The Morgan fingerprint density at radius 1 is 1.24 bits per heavy atom. The molecule has 0 fully saturated rings. The van der Waals surface area contributed by atoms with Crippen molar-refractivity contribution >= 4 is 22.0 Å². The number of hydrogen-bond donors (Lipinski definition) is 2. The molecule has 1 aromatic carbocycles. The molecule has 1 heterocycles. The van der Waals surface area contributed by atoms with Gasteiger partial charge in [-0.25, -0.2) is 0 Å². The summed E-state index contributed by atoms with van der Waals surface area (Å²) in [6.07, 6.45) is 1.90. The van der Waals surface area contributed by atoms with E-state index in [0.29, 0.717) is 15.4 Å². The molecule has 1 atom stereocenters. The molecule has 0 radical (unpaired) electrons. The molecule has 106 valence electrons. The Balaban J connectivity index is 2.02. The number of thiophene rings is 1. The molecule has 0 saturated carbocycles. The lowest BCUT2D eigenvalue weighted by molar-refractivity contribution is 0.708. The lowest BCUT2D eigenvalue weighted by Gasteiger charge is -2.14. The van der Waals surface area contributed by atoms with Crippen LogP contribution in [0.4, 0.5) is 10.7 Å². The molecule has 2 aromatic rings. The third-order valence-electron chi connectivity index (χ3n) is 3.24. The quantitative estimate of drug-likeness (QED) is 0.884. The van der Waals surface area contributed by atoms with Crippen LogP contribution in [0.1, 0.15) is 29.3 Å². The Morgan fingerprint density at radius 2 is 1.95 bits per heavy atom. The van der Waals surface area contributed by atoms with Crippen LogP contribution in [0.3, 0.4) is 0 Å². The second-order valence-corrected chi connectivity index (χ2v) is 5.86. The number of nitriles is 2. The van der Waals surface area contributed by atoms with Gasteiger partial charge in [0, 0.05) is 6.04 Å². The summed E-state index contributed by atoms with van der Waals surface area (Å²) in [6.45, 7) is 2.06. The number of rotatable bonds is 5. The largest absolute Gasteiger partial charge is 0.396 e. The topological polar surface area (TPSA) is 85.6 Å². The van der Waals surface area contributed by atoms with E-state index in [4.69, 9.17) is 16.3 Å². The summed E-state index contributed by atoms with van der Waals surface area (Å²) >= 11 is 1.24. The van der Waals surface area contributed by atoms with Crippen molar-refractivity contribution in [3.63, 3.8) is 0 Å². The first kappa shape index (κ1) is 14.9. The number of benzene rings is 1. The lowest BCUT2D eigenvalue weighted by Crippen LogP contribution is -2.15. The molecule has 0 aliphatic rings. The highest BCUT2D eigenvalue weighted by Gasteiger charge is 2.16. The fraction of sp³-hybridized carbons (Fsp3) is 0.250. The Bertz CT molecular complexity index is 692. The molecular formula is C16H16N4S. The molecule has 0 saturated heterocycles. The van der Waals surface area contributed by atoms with Gasteiger partial charge in [0.25, 0.3) is 0 Å². The van der Waals surface area contributed by atoms with Gasteiger partial charge in [-0.05, 0) is 25.3 Å². The van der Waals surface area contributed by atoms with Gasteiger partial charge in [0.15, 0.2) is 0 Å². The fourth-order valence-electron chi connectivity index (χ4n) is 2.06. The van der Waals surface area contributed by atoms with Crippen molar-refractivity contribution < 1.29 is 0 Å². The van der Waals surface area contributed by atoms with Crippen LogP contribution < -0.4 is 11.1 Å². The fourth-order valence-corrected chi connectivity index (χ4v) is 3.04. The monoisotopic (exact) mass is 296 g/mol. The van der Waals surface area contributed by atoms with E-state index in [2.05, 4.69) is 30.4 Å². The van der Waals surface area contributed by atoms with E-state index in [1.807, 2.05) is 24.3 Å². The number of hydrogen-bond acceptors (Lipinski definition) is 5. The van der Waals surface area contributed by atoms with Crippen LogP contribution in [0.2, 0.25) is 0 Å². The summed E-state index contributed by atoms with van der Waals surface area (Å²) in [5.74, 6) is 0. The van der Waals surface area contributed by atoms with Gasteiger partial charge < -0.3 is 11.1 Å². The van der Waals surface area contributed by atoms with E-state index in [9.17, 15) is 0 Å². The van der Waals surface area contributed by atoms with E-state index in [0.717, 1.165) is 12.8 Å². The van der Waals surface area contributed by atoms with Crippen molar-refractivity contribution in [2.24, 2.45) is 0 Å². The van der Waals surface area contributed by atoms with Gasteiger partial charge in [-0.2, -0.15) is 10.5 Å². The Morgan fingerprint density at radius 3 is 2.57 bits per heavy atom. The maximum atomic E-state index is 9.16. The van der Waals surface area contributed by atoms with E-state index >= 15 is 0 Å². The molecule has 1 unspecified atom stereocenters. The first-order valence-electron chi connectivity index (χ1n) is 6.68. The van der Waals surface area contributed by atoms with Gasteiger partial charge in [0.05, 0.1) is 5.69 Å². The molecule has 4 nitrogen and oxygen atoms in total. The highest BCUT2D eigenvalue weighted by Crippen LogP contribution is 2.35. The molecule has 0 amide bonds. The highest BCUT2D eigenvalue weighted by atomic mass is 32.1. The minimum Gasteiger partial charge on any atom is -0.396 e. The van der Waals surface area contributed by atoms with Crippen molar-refractivity contribution in [2.75, 3.05) is 11.1 Å². The number of nitrogen functional groups attached to an aromatic ring is 1. The average molecular weight is 296 g/mol. The molecule has 0 spiro atoms. The van der Waals surface area contributed by atoms with Crippen LogP contribution in [0.15, 0.2) is 30.3 Å². The van der Waals surface area contributed by atoms with Crippen LogP contribution in [-0.2, 0) is 6.42 Å². The molecule has 0 bridgehead atoms. The van der Waals surface area contributed by atoms with Gasteiger partial charge >= 0.3 is 0 Å². The highest BCUT2D eigenvalue weighted by molar-refractivity contribution is 7.17. The SMILES string of the molecule is CC(CCc1ccccc1)Nc1sc(C#N)c(N)c1C#N. The second-order valence-electron chi connectivity index (χ2n) is 4.84.